The second-order valence-electron chi connectivity index (χ2n) is 1.37. The number of ether oxygens (including phenoxy) is 2. The first-order valence-electron chi connectivity index (χ1n) is 3.22. The molecule has 13 heavy (non-hydrogen) atoms. The fraction of sp³-hybridized carbons (Fsp3) is 0.667. The predicted molar refractivity (Wildman–Crippen MR) is 63.2 cm³/mol. The zero-order valence-electron chi connectivity index (χ0n) is 7.24. The third-order valence-electron chi connectivity index (χ3n) is 0.524. The summed E-state index contributed by atoms with van der Waals surface area (Å²) in [6.45, 7) is 4.86. The molecule has 0 amide bonds. The van der Waals surface area contributed by atoms with Crippen molar-refractivity contribution >= 4 is 58.5 Å². The molecule has 0 aromatic heterocycles. The Balaban J connectivity index is -0.000000143. The number of rotatable bonds is 2. The maximum absolute atomic E-state index is 4.59. The van der Waals surface area contributed by atoms with Crippen LogP contribution in [0.3, 0.4) is 0 Å². The van der Waals surface area contributed by atoms with Gasteiger partial charge >= 0.3 is 17.1 Å². The van der Waals surface area contributed by atoms with Crippen molar-refractivity contribution in [3.8, 4) is 0 Å². The molecule has 0 unspecified atom stereocenters. The largest absolute Gasteiger partial charge is 2.00 e. The van der Waals surface area contributed by atoms with Crippen LogP contribution in [0.25, 0.3) is 0 Å². The van der Waals surface area contributed by atoms with E-state index in [1.807, 2.05) is 13.8 Å². The third kappa shape index (κ3) is 32.3. The van der Waals surface area contributed by atoms with Gasteiger partial charge in [-0.1, -0.05) is 0 Å². The quantitative estimate of drug-likeness (QED) is 0.436. The van der Waals surface area contributed by atoms with Crippen LogP contribution in [-0.4, -0.2) is 22.0 Å². The molecule has 0 saturated heterocycles. The van der Waals surface area contributed by atoms with Gasteiger partial charge in [0.2, 0.25) is 0 Å². The topological polar surface area (TPSA) is 18.5 Å². The van der Waals surface area contributed by atoms with Gasteiger partial charge in [-0.15, -0.1) is 0 Å². The van der Waals surface area contributed by atoms with Crippen molar-refractivity contribution < 1.29 is 26.5 Å². The summed E-state index contributed by atoms with van der Waals surface area (Å²) in [5.41, 5.74) is 0. The molecule has 2 nitrogen and oxygen atoms in total. The molecule has 1 radical (unpaired) electrons. The molecule has 0 bridgehead atoms. The normalized spacial score (nSPS) is 6.92. The van der Waals surface area contributed by atoms with Crippen LogP contribution in [0.5, 0.6) is 0 Å². The second-order valence-corrected chi connectivity index (χ2v) is 3.37. The Morgan fingerprint density at radius 2 is 1.23 bits per heavy atom. The number of thiocarbonyl (C=S) groups is 2. The molecule has 0 aliphatic rings. The predicted octanol–water partition coefficient (Wildman–Crippen LogP) is 1.71. The van der Waals surface area contributed by atoms with E-state index in [4.69, 9.17) is 0 Å². The molecule has 0 aromatic carbocycles. The van der Waals surface area contributed by atoms with E-state index in [-0.39, 0.29) is 25.8 Å². The average molecular weight is 297 g/mol. The molecule has 0 heterocycles. The minimum atomic E-state index is 0. The van der Waals surface area contributed by atoms with Crippen molar-refractivity contribution in [1.29, 1.82) is 0 Å². The monoisotopic (exact) mass is 297 g/mol. The molecule has 77 valence electrons. The molecule has 0 atom stereocenters. The summed E-state index contributed by atoms with van der Waals surface area (Å²) in [7, 11) is 0. The molecular weight excluding hydrogens is 287 g/mol. The van der Waals surface area contributed by atoms with Gasteiger partial charge in [-0.05, 0) is 13.8 Å². The SMILES string of the molecule is CCOC(=S)[S-].CCOC(=S)[S-].[Mn+2]. The van der Waals surface area contributed by atoms with Crippen LogP contribution < -0.4 is 0 Å². The molecule has 0 saturated carbocycles. The Morgan fingerprint density at radius 3 is 1.23 bits per heavy atom. The standard InChI is InChI=1S/2C3H6OS2.Mn/c2*1-2-4-3(5)6;/h2*2H2,1H3,(H,5,6);/q;;+2/p-2. The minimum absolute atomic E-state index is 0. The fourth-order valence-corrected chi connectivity index (χ4v) is 0.707. The fourth-order valence-electron chi connectivity index (χ4n) is 0.236. The Morgan fingerprint density at radius 1 is 1.00 bits per heavy atom. The Bertz CT molecular complexity index is 127. The molecule has 0 aliphatic carbocycles. The van der Waals surface area contributed by atoms with Crippen molar-refractivity contribution in [3.05, 3.63) is 0 Å². The molecule has 0 aliphatic heterocycles. The first-order chi connectivity index (χ1) is 5.54. The van der Waals surface area contributed by atoms with E-state index in [0.717, 1.165) is 0 Å². The van der Waals surface area contributed by atoms with Gasteiger partial charge in [-0.25, -0.2) is 0 Å². The van der Waals surface area contributed by atoms with Gasteiger partial charge in [0.25, 0.3) is 0 Å². The van der Waals surface area contributed by atoms with Gasteiger partial charge in [0.15, 0.2) is 0 Å². The van der Waals surface area contributed by atoms with Crippen molar-refractivity contribution in [3.63, 3.8) is 0 Å². The summed E-state index contributed by atoms with van der Waals surface area (Å²) in [5, 5.41) is 0. The summed E-state index contributed by atoms with van der Waals surface area (Å²) >= 11 is 17.5. The van der Waals surface area contributed by atoms with E-state index in [9.17, 15) is 0 Å². The molecule has 0 fully saturated rings. The zero-order valence-corrected chi connectivity index (χ0v) is 11.7. The van der Waals surface area contributed by atoms with E-state index in [1.54, 1.807) is 0 Å². The third-order valence-corrected chi connectivity index (χ3v) is 0.996. The average Bonchev–Trinajstić information content (AvgIpc) is 1.87. The van der Waals surface area contributed by atoms with Gasteiger partial charge in [0, 0.05) is 8.77 Å². The van der Waals surface area contributed by atoms with Crippen LogP contribution in [0.2, 0.25) is 0 Å². The number of hydrogen-bond donors (Lipinski definition) is 0. The first kappa shape index (κ1) is 19.3. The van der Waals surface area contributed by atoms with Crippen molar-refractivity contribution in [2.75, 3.05) is 13.2 Å². The van der Waals surface area contributed by atoms with E-state index in [0.29, 0.717) is 13.2 Å². The van der Waals surface area contributed by atoms with E-state index in [1.165, 1.54) is 0 Å². The molecule has 0 aromatic rings. The van der Waals surface area contributed by atoms with Crippen LogP contribution in [0.15, 0.2) is 0 Å². The van der Waals surface area contributed by atoms with E-state index in [2.05, 4.69) is 59.2 Å². The number of hydrogen-bond acceptors (Lipinski definition) is 6. The summed E-state index contributed by atoms with van der Waals surface area (Å²) in [6, 6.07) is 0. The van der Waals surface area contributed by atoms with Gasteiger partial charge in [-0.2, -0.15) is 0 Å². The summed E-state index contributed by atoms with van der Waals surface area (Å²) < 4.78 is 9.59. The van der Waals surface area contributed by atoms with Gasteiger partial charge in [0.05, 0.1) is 13.2 Å². The maximum atomic E-state index is 4.59. The van der Waals surface area contributed by atoms with Gasteiger partial charge < -0.3 is 59.2 Å². The molecular formula is C6H10MnO2S4. The molecule has 0 rings (SSSR count). The van der Waals surface area contributed by atoms with Crippen molar-refractivity contribution in [2.45, 2.75) is 13.8 Å². The first-order valence-corrected chi connectivity index (χ1v) is 4.85. The van der Waals surface area contributed by atoms with Gasteiger partial charge in [0.1, 0.15) is 0 Å². The minimum Gasteiger partial charge on any atom is -0.514 e. The van der Waals surface area contributed by atoms with Crippen LogP contribution in [-0.2, 0) is 51.8 Å². The van der Waals surface area contributed by atoms with Crippen LogP contribution in [0.4, 0.5) is 0 Å². The Labute approximate surface area is 111 Å². The second kappa shape index (κ2) is 15.2. The molecule has 7 heteroatoms. The smallest absolute Gasteiger partial charge is 0.514 e. The maximum Gasteiger partial charge on any atom is 2.00 e. The summed E-state index contributed by atoms with van der Waals surface area (Å²) in [6.07, 6.45) is 0. The molecule has 0 N–H and O–H groups in total. The van der Waals surface area contributed by atoms with Crippen LogP contribution in [0.1, 0.15) is 13.8 Å². The molecule has 0 spiro atoms. The van der Waals surface area contributed by atoms with Crippen molar-refractivity contribution in [1.82, 2.24) is 0 Å². The summed E-state index contributed by atoms with van der Waals surface area (Å²) in [5.74, 6) is 0. The Hall–Kier alpha value is 0.739. The van der Waals surface area contributed by atoms with E-state index >= 15 is 0 Å². The zero-order chi connectivity index (χ0) is 9.98. The van der Waals surface area contributed by atoms with E-state index < -0.39 is 0 Å². The van der Waals surface area contributed by atoms with Crippen LogP contribution >= 0.6 is 24.4 Å². The summed E-state index contributed by atoms with van der Waals surface area (Å²) in [4.78, 5) is 0. The van der Waals surface area contributed by atoms with Crippen molar-refractivity contribution in [2.24, 2.45) is 0 Å². The van der Waals surface area contributed by atoms with Gasteiger partial charge in [-0.3, -0.25) is 0 Å². The Kier molecular flexibility index (Phi) is 22.6. The van der Waals surface area contributed by atoms with Crippen LogP contribution in [0, 0.1) is 0 Å².